The first-order valence-corrected chi connectivity index (χ1v) is 9.69. The van der Waals surface area contributed by atoms with Crippen LogP contribution in [0.25, 0.3) is 5.65 Å². The van der Waals surface area contributed by atoms with E-state index in [1.54, 1.807) is 6.92 Å². The van der Waals surface area contributed by atoms with Gasteiger partial charge in [-0.15, -0.1) is 0 Å². The summed E-state index contributed by atoms with van der Waals surface area (Å²) in [4.78, 5) is 16.5. The predicted molar refractivity (Wildman–Crippen MR) is 98.1 cm³/mol. The first kappa shape index (κ1) is 20.6. The molecule has 0 spiro atoms. The van der Waals surface area contributed by atoms with Gasteiger partial charge in [0, 0.05) is 28.1 Å². The second-order valence-corrected chi connectivity index (χ2v) is 8.56. The smallest absolute Gasteiger partial charge is 0.343 e. The first-order valence-electron chi connectivity index (χ1n) is 7.80. The molecule has 2 aromatic heterocycles. The number of hydrogen-bond acceptors (Lipinski definition) is 4. The highest BCUT2D eigenvalue weighted by molar-refractivity contribution is 14.1. The fourth-order valence-electron chi connectivity index (χ4n) is 2.97. The topological polar surface area (TPSA) is 58.4 Å². The van der Waals surface area contributed by atoms with E-state index in [4.69, 9.17) is 0 Å². The summed E-state index contributed by atoms with van der Waals surface area (Å²) >= 11 is 1.48. The molecule has 2 atom stereocenters. The quantitative estimate of drug-likeness (QED) is 0.370. The van der Waals surface area contributed by atoms with Crippen molar-refractivity contribution >= 4 is 45.9 Å². The fraction of sp³-hybridized carbons (Fsp3) is 0.467. The number of alkyl halides is 5. The van der Waals surface area contributed by atoms with Crippen LogP contribution in [0.4, 0.5) is 22.0 Å². The molecule has 3 heterocycles. The molecule has 0 unspecified atom stereocenters. The highest BCUT2D eigenvalue weighted by Gasteiger charge is 2.46. The van der Waals surface area contributed by atoms with Gasteiger partial charge in [0.25, 0.3) is 11.8 Å². The van der Waals surface area contributed by atoms with Crippen molar-refractivity contribution in [1.82, 2.24) is 20.0 Å². The molecular weight excluding hydrogens is 506 g/mol. The Morgan fingerprint density at radius 3 is 2.81 bits per heavy atom. The maximum Gasteiger partial charge on any atom is 0.447 e. The monoisotopic (exact) mass is 520 g/mol. The van der Waals surface area contributed by atoms with E-state index in [9.17, 15) is 26.7 Å². The van der Waals surface area contributed by atoms with Crippen LogP contribution in [0.15, 0.2) is 23.5 Å². The van der Waals surface area contributed by atoms with Gasteiger partial charge in [0.15, 0.2) is 5.65 Å². The molecule has 1 amide bonds. The van der Waals surface area contributed by atoms with E-state index >= 15 is 0 Å². The predicted octanol–water partition coefficient (Wildman–Crippen LogP) is 3.52. The van der Waals surface area contributed by atoms with Crippen molar-refractivity contribution in [3.8, 4) is 0 Å². The van der Waals surface area contributed by atoms with Crippen LogP contribution in [0, 0.1) is 9.49 Å². The second-order valence-electron chi connectivity index (χ2n) is 6.23. The lowest BCUT2D eigenvalue weighted by Gasteiger charge is -2.37. The third-order valence-corrected chi connectivity index (χ3v) is 5.47. The highest BCUT2D eigenvalue weighted by atomic mass is 127. The number of nitrogens with one attached hydrogen (secondary N) is 2. The van der Waals surface area contributed by atoms with Gasteiger partial charge in [0.1, 0.15) is 5.03 Å². The van der Waals surface area contributed by atoms with Gasteiger partial charge in [-0.05, 0) is 34.6 Å². The molecule has 0 aliphatic carbocycles. The summed E-state index contributed by atoms with van der Waals surface area (Å²) in [5.74, 6) is -4.46. The van der Waals surface area contributed by atoms with Crippen molar-refractivity contribution in [3.05, 3.63) is 27.6 Å². The minimum absolute atomic E-state index is 0.0235. The number of amides is 1. The van der Waals surface area contributed by atoms with Crippen LogP contribution in [-0.4, -0.2) is 45.9 Å². The maximum atomic E-state index is 14.2. The Labute approximate surface area is 168 Å². The molecule has 1 aliphatic heterocycles. The summed E-state index contributed by atoms with van der Waals surface area (Å²) in [6, 6.07) is 0.0209. The summed E-state index contributed by atoms with van der Waals surface area (Å²) in [6.45, 7) is 1.35. The van der Waals surface area contributed by atoms with Crippen LogP contribution >= 0.6 is 34.4 Å². The minimum atomic E-state index is -4.52. The number of aromatic nitrogens is 2. The Bertz CT molecular complexity index is 872. The average molecular weight is 520 g/mol. The molecule has 0 saturated carbocycles. The van der Waals surface area contributed by atoms with E-state index < -0.39 is 35.8 Å². The third kappa shape index (κ3) is 4.47. The molecule has 12 heteroatoms. The lowest BCUT2D eigenvalue weighted by Crippen LogP contribution is -2.61. The van der Waals surface area contributed by atoms with Crippen molar-refractivity contribution in [2.45, 2.75) is 29.4 Å². The van der Waals surface area contributed by atoms with Crippen molar-refractivity contribution in [2.24, 2.45) is 5.92 Å². The Morgan fingerprint density at radius 2 is 2.19 bits per heavy atom. The van der Waals surface area contributed by atoms with Gasteiger partial charge in [-0.25, -0.2) is 13.8 Å². The first-order chi connectivity index (χ1) is 12.5. The largest absolute Gasteiger partial charge is 0.447 e. The van der Waals surface area contributed by atoms with Gasteiger partial charge in [0.05, 0.1) is 24.3 Å². The summed E-state index contributed by atoms with van der Waals surface area (Å²) in [5, 5.41) is 4.72. The van der Waals surface area contributed by atoms with Gasteiger partial charge in [-0.1, -0.05) is 6.92 Å². The summed E-state index contributed by atoms with van der Waals surface area (Å²) in [5.41, 5.74) is -4.60. The zero-order valence-electron chi connectivity index (χ0n) is 13.8. The van der Waals surface area contributed by atoms with Gasteiger partial charge >= 0.3 is 5.51 Å². The number of halogens is 6. The molecule has 5 nitrogen and oxygen atoms in total. The zero-order chi connectivity index (χ0) is 20.0. The molecule has 3 rings (SSSR count). The number of carbonyl (C=O) groups is 1. The molecule has 148 valence electrons. The minimum Gasteiger partial charge on any atom is -0.343 e. The van der Waals surface area contributed by atoms with Crippen molar-refractivity contribution in [1.29, 1.82) is 0 Å². The number of fused-ring (bicyclic) bond motifs is 1. The Hall–Kier alpha value is -1.15. The molecule has 27 heavy (non-hydrogen) atoms. The standard InChI is InChI=1S/C15H14F5IN4OS/c1-7-3-22-6-14(16,17)11(7)24-13(26)9-2-8(21)5-25-10(4-23-12(9)25)27-15(18,19)20/h2,4-5,7,11,22H,3,6H2,1H3,(H,24,26)/t7-,11+/m1/s1. The molecule has 0 aromatic carbocycles. The van der Waals surface area contributed by atoms with E-state index in [0.29, 0.717) is 10.1 Å². The van der Waals surface area contributed by atoms with Gasteiger partial charge < -0.3 is 10.6 Å². The van der Waals surface area contributed by atoms with Gasteiger partial charge in [-0.2, -0.15) is 13.2 Å². The highest BCUT2D eigenvalue weighted by Crippen LogP contribution is 2.37. The molecule has 0 bridgehead atoms. The zero-order valence-corrected chi connectivity index (χ0v) is 16.8. The van der Waals surface area contributed by atoms with E-state index in [-0.39, 0.29) is 28.0 Å². The number of thioether (sulfide) groups is 1. The maximum absolute atomic E-state index is 14.2. The number of rotatable bonds is 3. The molecule has 0 radical (unpaired) electrons. The molecule has 2 aromatic rings. The number of carbonyl (C=O) groups excluding carboxylic acids is 1. The number of hydrogen-bond donors (Lipinski definition) is 2. The molecular formula is C15H14F5IN4OS. The lowest BCUT2D eigenvalue weighted by atomic mass is 9.91. The molecule has 2 N–H and O–H groups in total. The Balaban J connectivity index is 1.95. The van der Waals surface area contributed by atoms with E-state index in [0.717, 1.165) is 10.6 Å². The third-order valence-electron chi connectivity index (χ3n) is 4.14. The molecule has 1 aliphatic rings. The molecule has 1 fully saturated rings. The average Bonchev–Trinajstić information content (AvgIpc) is 2.91. The number of nitrogens with zero attached hydrogens (tertiary/aromatic N) is 2. The summed E-state index contributed by atoms with van der Waals surface area (Å²) in [6.07, 6.45) is 2.40. The van der Waals surface area contributed by atoms with Crippen LogP contribution in [0.5, 0.6) is 0 Å². The Morgan fingerprint density at radius 1 is 1.48 bits per heavy atom. The number of imidazole rings is 1. The SMILES string of the molecule is C[C@@H]1CNCC(F)(F)[C@H]1NC(=O)c1cc(I)cn2c(SC(F)(F)F)cnc12. The van der Waals surface area contributed by atoms with Crippen LogP contribution in [0.1, 0.15) is 17.3 Å². The summed E-state index contributed by atoms with van der Waals surface area (Å²) < 4.78 is 68.0. The fourth-order valence-corrected chi connectivity index (χ4v) is 4.14. The van der Waals surface area contributed by atoms with Crippen molar-refractivity contribution < 1.29 is 26.7 Å². The Kier molecular flexibility index (Phi) is 5.60. The molecule has 1 saturated heterocycles. The second kappa shape index (κ2) is 7.35. The normalized spacial score (nSPS) is 22.8. The van der Waals surface area contributed by atoms with E-state index in [1.165, 1.54) is 12.3 Å². The van der Waals surface area contributed by atoms with E-state index in [1.807, 2.05) is 22.6 Å². The van der Waals surface area contributed by atoms with Crippen LogP contribution in [-0.2, 0) is 0 Å². The van der Waals surface area contributed by atoms with Crippen LogP contribution in [0.2, 0.25) is 0 Å². The van der Waals surface area contributed by atoms with Crippen molar-refractivity contribution in [3.63, 3.8) is 0 Å². The van der Waals surface area contributed by atoms with Crippen molar-refractivity contribution in [2.75, 3.05) is 13.1 Å². The van der Waals surface area contributed by atoms with E-state index in [2.05, 4.69) is 15.6 Å². The van der Waals surface area contributed by atoms with Gasteiger partial charge in [-0.3, -0.25) is 9.20 Å². The summed E-state index contributed by atoms with van der Waals surface area (Å²) in [7, 11) is 0. The van der Waals surface area contributed by atoms with Crippen LogP contribution < -0.4 is 10.6 Å². The number of pyridine rings is 1. The number of piperidine rings is 1. The van der Waals surface area contributed by atoms with Gasteiger partial charge in [0.2, 0.25) is 0 Å². The van der Waals surface area contributed by atoms with Crippen LogP contribution in [0.3, 0.4) is 0 Å². The lowest BCUT2D eigenvalue weighted by molar-refractivity contribution is -0.0660.